The van der Waals surface area contributed by atoms with E-state index in [1.54, 1.807) is 0 Å². The molecule has 0 aliphatic carbocycles. The van der Waals surface area contributed by atoms with Crippen LogP contribution in [0.2, 0.25) is 0 Å². The Labute approximate surface area is 108 Å². The number of nitrogens with zero attached hydrogens (tertiary/aromatic N) is 2. The number of aromatic amines is 1. The van der Waals surface area contributed by atoms with E-state index in [4.69, 9.17) is 5.26 Å². The summed E-state index contributed by atoms with van der Waals surface area (Å²) in [4.78, 5) is 5.58. The molecule has 3 heteroatoms. The lowest BCUT2D eigenvalue weighted by molar-refractivity contribution is 0.631. The summed E-state index contributed by atoms with van der Waals surface area (Å²) in [5.41, 5.74) is 3.52. The van der Waals surface area contributed by atoms with Crippen LogP contribution in [0.15, 0.2) is 24.3 Å². The van der Waals surface area contributed by atoms with E-state index in [0.717, 1.165) is 24.2 Å². The fourth-order valence-electron chi connectivity index (χ4n) is 2.44. The van der Waals surface area contributed by atoms with Crippen LogP contribution in [0.3, 0.4) is 0 Å². The second kappa shape index (κ2) is 5.14. The molecule has 0 aliphatic rings. The number of nitrogens with one attached hydrogen (secondary N) is 1. The van der Waals surface area contributed by atoms with Crippen molar-refractivity contribution < 1.29 is 0 Å². The average molecular weight is 241 g/mol. The van der Waals surface area contributed by atoms with Gasteiger partial charge in [-0.1, -0.05) is 25.1 Å². The maximum atomic E-state index is 9.07. The molecule has 94 valence electrons. The fourth-order valence-corrected chi connectivity index (χ4v) is 2.44. The minimum atomic E-state index is 0.0862. The van der Waals surface area contributed by atoms with Gasteiger partial charge in [-0.25, -0.2) is 0 Å². The molecule has 1 aromatic heterocycles. The van der Waals surface area contributed by atoms with E-state index < -0.39 is 0 Å². The summed E-state index contributed by atoms with van der Waals surface area (Å²) in [5.74, 6) is 0.0862. The van der Waals surface area contributed by atoms with Gasteiger partial charge in [0.1, 0.15) is 0 Å². The first-order chi connectivity index (χ1) is 8.67. The molecule has 1 atom stereocenters. The van der Waals surface area contributed by atoms with Gasteiger partial charge in [0, 0.05) is 30.2 Å². The molecule has 0 aliphatic heterocycles. The molecule has 0 bridgehead atoms. The molecule has 0 spiro atoms. The molecule has 1 N–H and O–H groups in total. The van der Waals surface area contributed by atoms with Gasteiger partial charge < -0.3 is 9.88 Å². The van der Waals surface area contributed by atoms with Crippen LogP contribution in [0.25, 0.3) is 10.9 Å². The number of H-pyrrole nitrogens is 1. The second-order valence-corrected chi connectivity index (χ2v) is 4.76. The highest BCUT2D eigenvalue weighted by molar-refractivity contribution is 5.94. The number of nitriles is 1. The monoisotopic (exact) mass is 241 g/mol. The molecule has 0 amide bonds. The molecule has 0 saturated heterocycles. The Morgan fingerprint density at radius 2 is 2.11 bits per heavy atom. The Hall–Kier alpha value is -1.95. The number of aromatic nitrogens is 1. The molecule has 1 aromatic carbocycles. The van der Waals surface area contributed by atoms with Crippen LogP contribution in [0.4, 0.5) is 5.69 Å². The summed E-state index contributed by atoms with van der Waals surface area (Å²) in [6.07, 6.45) is 0.891. The summed E-state index contributed by atoms with van der Waals surface area (Å²) in [6, 6.07) is 10.7. The summed E-state index contributed by atoms with van der Waals surface area (Å²) >= 11 is 0. The molecule has 0 radical (unpaired) electrons. The van der Waals surface area contributed by atoms with E-state index in [2.05, 4.69) is 55.0 Å². The molecule has 1 heterocycles. The smallest absolute Gasteiger partial charge is 0.0674 e. The molecule has 3 nitrogen and oxygen atoms in total. The van der Waals surface area contributed by atoms with Gasteiger partial charge in [0.05, 0.1) is 17.7 Å². The molecule has 2 aromatic rings. The predicted molar refractivity (Wildman–Crippen MR) is 75.7 cm³/mol. The minimum Gasteiger partial charge on any atom is -0.371 e. The zero-order valence-electron chi connectivity index (χ0n) is 11.2. The number of rotatable bonds is 4. The largest absolute Gasteiger partial charge is 0.371 e. The third-order valence-corrected chi connectivity index (χ3v) is 3.41. The first kappa shape index (κ1) is 12.5. The van der Waals surface area contributed by atoms with Crippen LogP contribution >= 0.6 is 0 Å². The Balaban J connectivity index is 2.36. The lowest BCUT2D eigenvalue weighted by Gasteiger charge is -2.21. The van der Waals surface area contributed by atoms with Crippen molar-refractivity contribution in [2.75, 3.05) is 18.5 Å². The molecule has 0 fully saturated rings. The first-order valence-corrected chi connectivity index (χ1v) is 6.35. The van der Waals surface area contributed by atoms with E-state index in [1.165, 1.54) is 11.1 Å². The summed E-state index contributed by atoms with van der Waals surface area (Å²) in [6.45, 7) is 4.92. The van der Waals surface area contributed by atoms with Gasteiger partial charge in [-0.05, 0) is 19.4 Å². The van der Waals surface area contributed by atoms with E-state index in [1.807, 2.05) is 6.07 Å². The standard InChI is InChI=1S/C15H19N3/c1-4-12(9-16)10-18(3)15-11(2)17-14-8-6-5-7-13(14)15/h5-8,12,17H,4,10H2,1-3H3. The SMILES string of the molecule is CCC(C#N)CN(C)c1c(C)[nH]c2ccccc12. The number of anilines is 1. The van der Waals surface area contributed by atoms with Crippen molar-refractivity contribution in [3.8, 4) is 6.07 Å². The number of hydrogen-bond donors (Lipinski definition) is 1. The summed E-state index contributed by atoms with van der Waals surface area (Å²) < 4.78 is 0. The zero-order valence-corrected chi connectivity index (χ0v) is 11.2. The van der Waals surface area contributed by atoms with E-state index in [0.29, 0.717) is 0 Å². The normalized spacial score (nSPS) is 12.3. The van der Waals surface area contributed by atoms with Crippen molar-refractivity contribution in [3.05, 3.63) is 30.0 Å². The van der Waals surface area contributed by atoms with Gasteiger partial charge in [-0.3, -0.25) is 0 Å². The van der Waals surface area contributed by atoms with Crippen LogP contribution in [-0.2, 0) is 0 Å². The molecule has 0 saturated carbocycles. The Kier molecular flexibility index (Phi) is 3.57. The number of para-hydroxylation sites is 1. The topological polar surface area (TPSA) is 42.8 Å². The van der Waals surface area contributed by atoms with Gasteiger partial charge in [0.25, 0.3) is 0 Å². The third-order valence-electron chi connectivity index (χ3n) is 3.41. The number of aryl methyl sites for hydroxylation is 1. The quantitative estimate of drug-likeness (QED) is 0.890. The number of fused-ring (bicyclic) bond motifs is 1. The fraction of sp³-hybridized carbons (Fsp3) is 0.400. The average Bonchev–Trinajstić information content (AvgIpc) is 2.71. The molecule has 1 unspecified atom stereocenters. The second-order valence-electron chi connectivity index (χ2n) is 4.76. The van der Waals surface area contributed by atoms with E-state index in [-0.39, 0.29) is 5.92 Å². The van der Waals surface area contributed by atoms with Crippen molar-refractivity contribution in [3.63, 3.8) is 0 Å². The number of benzene rings is 1. The molecule has 2 rings (SSSR count). The van der Waals surface area contributed by atoms with Crippen molar-refractivity contribution in [2.24, 2.45) is 5.92 Å². The van der Waals surface area contributed by atoms with Crippen LogP contribution in [0, 0.1) is 24.2 Å². The van der Waals surface area contributed by atoms with Gasteiger partial charge >= 0.3 is 0 Å². The number of hydrogen-bond acceptors (Lipinski definition) is 2. The Morgan fingerprint density at radius 3 is 2.78 bits per heavy atom. The lowest BCUT2D eigenvalue weighted by atomic mass is 10.1. The first-order valence-electron chi connectivity index (χ1n) is 6.35. The third kappa shape index (κ3) is 2.19. The van der Waals surface area contributed by atoms with E-state index >= 15 is 0 Å². The maximum absolute atomic E-state index is 9.07. The Morgan fingerprint density at radius 1 is 1.39 bits per heavy atom. The van der Waals surface area contributed by atoms with E-state index in [9.17, 15) is 0 Å². The van der Waals surface area contributed by atoms with Crippen molar-refractivity contribution in [2.45, 2.75) is 20.3 Å². The van der Waals surface area contributed by atoms with Crippen LogP contribution in [-0.4, -0.2) is 18.6 Å². The van der Waals surface area contributed by atoms with Crippen LogP contribution in [0.1, 0.15) is 19.0 Å². The van der Waals surface area contributed by atoms with Gasteiger partial charge in [-0.2, -0.15) is 5.26 Å². The molecular weight excluding hydrogens is 222 g/mol. The van der Waals surface area contributed by atoms with Gasteiger partial charge in [-0.15, -0.1) is 0 Å². The summed E-state index contributed by atoms with van der Waals surface area (Å²) in [5, 5.41) is 10.3. The van der Waals surface area contributed by atoms with Crippen molar-refractivity contribution in [1.29, 1.82) is 5.26 Å². The Bertz CT molecular complexity index is 577. The van der Waals surface area contributed by atoms with Crippen LogP contribution < -0.4 is 4.90 Å². The van der Waals surface area contributed by atoms with Gasteiger partial charge in [0.2, 0.25) is 0 Å². The van der Waals surface area contributed by atoms with Gasteiger partial charge in [0.15, 0.2) is 0 Å². The minimum absolute atomic E-state index is 0.0862. The molecular formula is C15H19N3. The van der Waals surface area contributed by atoms with Crippen LogP contribution in [0.5, 0.6) is 0 Å². The highest BCUT2D eigenvalue weighted by Gasteiger charge is 2.15. The zero-order chi connectivity index (χ0) is 13.1. The summed E-state index contributed by atoms with van der Waals surface area (Å²) in [7, 11) is 2.06. The van der Waals surface area contributed by atoms with Crippen molar-refractivity contribution >= 4 is 16.6 Å². The highest BCUT2D eigenvalue weighted by Crippen LogP contribution is 2.30. The molecule has 18 heavy (non-hydrogen) atoms. The van der Waals surface area contributed by atoms with Crippen molar-refractivity contribution in [1.82, 2.24) is 4.98 Å². The highest BCUT2D eigenvalue weighted by atomic mass is 15.1. The predicted octanol–water partition coefficient (Wildman–Crippen LogP) is 3.46. The maximum Gasteiger partial charge on any atom is 0.0674 e. The lowest BCUT2D eigenvalue weighted by Crippen LogP contribution is -2.24.